The highest BCUT2D eigenvalue weighted by Gasteiger charge is 2.26. The van der Waals surface area contributed by atoms with Crippen LogP contribution in [-0.4, -0.2) is 42.5 Å². The average molecular weight is 308 g/mol. The second-order valence-electron chi connectivity index (χ2n) is 7.40. The molecule has 23 heavy (non-hydrogen) atoms. The second kappa shape index (κ2) is 7.02. The lowest BCUT2D eigenvalue weighted by atomic mass is 9.98. The predicted octanol–water partition coefficient (Wildman–Crippen LogP) is 3.64. The fourth-order valence-corrected chi connectivity index (χ4v) is 4.32. The molecule has 2 aliphatic heterocycles. The number of hydrogen-bond donors (Lipinski definition) is 0. The molecule has 2 nitrogen and oxygen atoms in total. The van der Waals surface area contributed by atoms with Crippen molar-refractivity contribution in [3.63, 3.8) is 0 Å². The molecule has 0 unspecified atom stereocenters. The normalized spacial score (nSPS) is 25.4. The summed E-state index contributed by atoms with van der Waals surface area (Å²) in [6.45, 7) is 7.39. The molecule has 0 amide bonds. The largest absolute Gasteiger partial charge is 0.299 e. The van der Waals surface area contributed by atoms with Crippen molar-refractivity contribution in [3.05, 3.63) is 59.2 Å². The van der Waals surface area contributed by atoms with Gasteiger partial charge in [0.05, 0.1) is 0 Å². The van der Waals surface area contributed by atoms with Crippen molar-refractivity contribution < 1.29 is 0 Å². The van der Waals surface area contributed by atoms with Crippen LogP contribution in [0.1, 0.15) is 30.4 Å². The van der Waals surface area contributed by atoms with Gasteiger partial charge in [0.2, 0.25) is 0 Å². The molecular weight excluding hydrogens is 280 g/mol. The molecule has 3 aliphatic rings. The molecule has 1 atom stereocenters. The summed E-state index contributed by atoms with van der Waals surface area (Å²) in [5.74, 6) is 0.855. The zero-order valence-corrected chi connectivity index (χ0v) is 14.1. The van der Waals surface area contributed by atoms with Gasteiger partial charge < -0.3 is 0 Å². The van der Waals surface area contributed by atoms with Gasteiger partial charge in [0.25, 0.3) is 0 Å². The van der Waals surface area contributed by atoms with Gasteiger partial charge in [-0.05, 0) is 54.8 Å². The maximum absolute atomic E-state index is 2.68. The molecule has 1 aromatic carbocycles. The summed E-state index contributed by atoms with van der Waals surface area (Å²) in [5, 5.41) is 0. The number of likely N-dealkylation sites (tertiary alicyclic amines) is 1. The van der Waals surface area contributed by atoms with Crippen LogP contribution < -0.4 is 0 Å². The van der Waals surface area contributed by atoms with Gasteiger partial charge in [0.1, 0.15) is 0 Å². The van der Waals surface area contributed by atoms with Crippen LogP contribution >= 0.6 is 0 Å². The van der Waals surface area contributed by atoms with Crippen LogP contribution in [0.25, 0.3) is 0 Å². The predicted molar refractivity (Wildman–Crippen MR) is 96.4 cm³/mol. The van der Waals surface area contributed by atoms with Crippen LogP contribution in [0.15, 0.2) is 48.1 Å². The molecule has 0 bridgehead atoms. The summed E-state index contributed by atoms with van der Waals surface area (Å²) in [6, 6.07) is 8.97. The number of fused-ring (bicyclic) bond motifs is 1. The Bertz CT molecular complexity index is 602. The Morgan fingerprint density at radius 3 is 2.78 bits per heavy atom. The summed E-state index contributed by atoms with van der Waals surface area (Å²) in [7, 11) is 0. The van der Waals surface area contributed by atoms with E-state index in [-0.39, 0.29) is 0 Å². The van der Waals surface area contributed by atoms with Crippen molar-refractivity contribution in [2.24, 2.45) is 5.92 Å². The van der Waals surface area contributed by atoms with Crippen molar-refractivity contribution in [3.8, 4) is 0 Å². The van der Waals surface area contributed by atoms with Crippen molar-refractivity contribution in [1.82, 2.24) is 9.80 Å². The minimum Gasteiger partial charge on any atom is -0.299 e. The van der Waals surface area contributed by atoms with Crippen LogP contribution in [0, 0.1) is 5.92 Å². The minimum absolute atomic E-state index is 0.855. The fraction of sp³-hybridized carbons (Fsp3) is 0.524. The standard InChI is InChI=1S/C21H28N2/c1-2-6-18(7-3-1)14-22-12-10-19(15-22)16-23-13-11-20-8-4-5-9-21(20)17-23/h2,4-9,19H,1,3,10-17H2/t19-/m1/s1. The van der Waals surface area contributed by atoms with E-state index in [0.717, 1.165) is 19.0 Å². The van der Waals surface area contributed by atoms with E-state index in [1.807, 2.05) is 0 Å². The van der Waals surface area contributed by atoms with Crippen molar-refractivity contribution in [2.75, 3.05) is 32.7 Å². The molecule has 4 rings (SSSR count). The third-order valence-corrected chi connectivity index (χ3v) is 5.57. The summed E-state index contributed by atoms with van der Waals surface area (Å²) >= 11 is 0. The van der Waals surface area contributed by atoms with Crippen LogP contribution in [0.2, 0.25) is 0 Å². The maximum Gasteiger partial charge on any atom is 0.0236 e. The molecule has 1 aliphatic carbocycles. The zero-order chi connectivity index (χ0) is 15.5. The zero-order valence-electron chi connectivity index (χ0n) is 14.1. The number of nitrogens with zero attached hydrogens (tertiary/aromatic N) is 2. The van der Waals surface area contributed by atoms with Crippen LogP contribution in [0.5, 0.6) is 0 Å². The van der Waals surface area contributed by atoms with Crippen LogP contribution in [0.4, 0.5) is 0 Å². The molecule has 1 fully saturated rings. The monoisotopic (exact) mass is 308 g/mol. The van der Waals surface area contributed by atoms with E-state index < -0.39 is 0 Å². The molecule has 122 valence electrons. The average Bonchev–Trinajstić information content (AvgIpc) is 3.02. The van der Waals surface area contributed by atoms with Gasteiger partial charge in [0.15, 0.2) is 0 Å². The Labute approximate surface area is 140 Å². The lowest BCUT2D eigenvalue weighted by Gasteiger charge is -2.30. The Morgan fingerprint density at radius 1 is 1.00 bits per heavy atom. The SMILES string of the molecule is C1=CC(CN2CC[C@@H](CN3CCc4ccccc4C3)C2)=CCC1. The first-order valence-corrected chi connectivity index (χ1v) is 9.24. The number of benzene rings is 1. The van der Waals surface area contributed by atoms with E-state index in [2.05, 4.69) is 52.3 Å². The van der Waals surface area contributed by atoms with E-state index >= 15 is 0 Å². The van der Waals surface area contributed by atoms with Gasteiger partial charge >= 0.3 is 0 Å². The molecule has 0 radical (unpaired) electrons. The summed E-state index contributed by atoms with van der Waals surface area (Å²) in [4.78, 5) is 5.33. The molecule has 0 aromatic heterocycles. The minimum atomic E-state index is 0.855. The van der Waals surface area contributed by atoms with Gasteiger partial charge in [0, 0.05) is 32.7 Å². The van der Waals surface area contributed by atoms with Gasteiger partial charge in [-0.15, -0.1) is 0 Å². The molecule has 0 saturated carbocycles. The molecule has 0 N–H and O–H groups in total. The molecule has 2 heterocycles. The molecule has 2 heteroatoms. The van der Waals surface area contributed by atoms with Crippen LogP contribution in [-0.2, 0) is 13.0 Å². The van der Waals surface area contributed by atoms with Crippen molar-refractivity contribution >= 4 is 0 Å². The Balaban J connectivity index is 1.28. The van der Waals surface area contributed by atoms with E-state index in [1.54, 1.807) is 11.1 Å². The first-order valence-electron chi connectivity index (χ1n) is 9.24. The third-order valence-electron chi connectivity index (χ3n) is 5.57. The lowest BCUT2D eigenvalue weighted by molar-refractivity contribution is 0.212. The smallest absolute Gasteiger partial charge is 0.0236 e. The Hall–Kier alpha value is -1.38. The quantitative estimate of drug-likeness (QED) is 0.838. The maximum atomic E-state index is 2.68. The van der Waals surface area contributed by atoms with Crippen molar-refractivity contribution in [1.29, 1.82) is 0 Å². The number of rotatable bonds is 4. The molecule has 1 aromatic rings. The third kappa shape index (κ3) is 3.76. The molecule has 1 saturated heterocycles. The lowest BCUT2D eigenvalue weighted by Crippen LogP contribution is -2.35. The van der Waals surface area contributed by atoms with Crippen LogP contribution in [0.3, 0.4) is 0 Å². The van der Waals surface area contributed by atoms with Crippen molar-refractivity contribution in [2.45, 2.75) is 32.2 Å². The topological polar surface area (TPSA) is 6.48 Å². The summed E-state index contributed by atoms with van der Waals surface area (Å²) in [6.07, 6.45) is 12.1. The summed E-state index contributed by atoms with van der Waals surface area (Å²) in [5.41, 5.74) is 4.64. The van der Waals surface area contributed by atoms with E-state index in [9.17, 15) is 0 Å². The van der Waals surface area contributed by atoms with Gasteiger partial charge in [-0.2, -0.15) is 0 Å². The van der Waals surface area contributed by atoms with Gasteiger partial charge in [-0.1, -0.05) is 42.5 Å². The fourth-order valence-electron chi connectivity index (χ4n) is 4.32. The first kappa shape index (κ1) is 15.2. The Morgan fingerprint density at radius 2 is 1.91 bits per heavy atom. The Kier molecular flexibility index (Phi) is 4.63. The summed E-state index contributed by atoms with van der Waals surface area (Å²) < 4.78 is 0. The van der Waals surface area contributed by atoms with E-state index in [4.69, 9.17) is 0 Å². The first-order chi connectivity index (χ1) is 11.4. The highest BCUT2D eigenvalue weighted by Crippen LogP contribution is 2.24. The second-order valence-corrected chi connectivity index (χ2v) is 7.40. The van der Waals surface area contributed by atoms with Gasteiger partial charge in [-0.3, -0.25) is 9.80 Å². The molecule has 0 spiro atoms. The van der Waals surface area contributed by atoms with E-state index in [1.165, 1.54) is 57.4 Å². The number of allylic oxidation sites excluding steroid dienone is 2. The highest BCUT2D eigenvalue weighted by atomic mass is 15.2. The van der Waals surface area contributed by atoms with Gasteiger partial charge in [-0.25, -0.2) is 0 Å². The number of hydrogen-bond acceptors (Lipinski definition) is 2. The van der Waals surface area contributed by atoms with E-state index in [0.29, 0.717) is 0 Å². The molecular formula is C21H28N2. The highest BCUT2D eigenvalue weighted by molar-refractivity contribution is 5.29.